The number of carbonyl (C=O) groups is 2. The SMILES string of the molecule is COC(=O)C1C(=O)c2ccccc2OC1c1ccc(Cl)c2ccccc12. The minimum Gasteiger partial charge on any atom is -0.484 e. The van der Waals surface area contributed by atoms with Gasteiger partial charge in [-0.05, 0) is 23.6 Å². The number of hydrogen-bond acceptors (Lipinski definition) is 4. The normalized spacial score (nSPS) is 18.9. The van der Waals surface area contributed by atoms with Crippen molar-refractivity contribution in [3.8, 4) is 5.75 Å². The zero-order valence-corrected chi connectivity index (χ0v) is 14.7. The van der Waals surface area contributed by atoms with E-state index in [1.165, 1.54) is 7.11 Å². The zero-order chi connectivity index (χ0) is 18.3. The van der Waals surface area contributed by atoms with Gasteiger partial charge in [-0.3, -0.25) is 9.59 Å². The number of Topliss-reactive ketones (excluding diaryl/α,β-unsaturated/α-hetero) is 1. The molecule has 1 aliphatic rings. The molecule has 26 heavy (non-hydrogen) atoms. The number of ether oxygens (including phenoxy) is 2. The van der Waals surface area contributed by atoms with Crippen molar-refractivity contribution < 1.29 is 19.1 Å². The first kappa shape index (κ1) is 16.6. The average Bonchev–Trinajstić information content (AvgIpc) is 2.68. The Kier molecular flexibility index (Phi) is 4.13. The number of carbonyl (C=O) groups excluding carboxylic acids is 2. The first-order valence-electron chi connectivity index (χ1n) is 8.16. The fourth-order valence-corrected chi connectivity index (χ4v) is 3.64. The van der Waals surface area contributed by atoms with Crippen LogP contribution in [0.3, 0.4) is 0 Å². The molecule has 130 valence electrons. The van der Waals surface area contributed by atoms with Crippen LogP contribution in [0, 0.1) is 5.92 Å². The van der Waals surface area contributed by atoms with Crippen molar-refractivity contribution in [2.75, 3.05) is 7.11 Å². The van der Waals surface area contributed by atoms with Gasteiger partial charge in [-0.15, -0.1) is 0 Å². The van der Waals surface area contributed by atoms with Crippen molar-refractivity contribution in [1.82, 2.24) is 0 Å². The lowest BCUT2D eigenvalue weighted by Crippen LogP contribution is -2.38. The molecule has 0 aliphatic carbocycles. The molecule has 0 saturated carbocycles. The lowest BCUT2D eigenvalue weighted by molar-refractivity contribution is -0.146. The molecule has 4 rings (SSSR count). The van der Waals surface area contributed by atoms with Crippen molar-refractivity contribution in [2.45, 2.75) is 6.10 Å². The molecule has 1 aliphatic heterocycles. The van der Waals surface area contributed by atoms with Gasteiger partial charge >= 0.3 is 5.97 Å². The second-order valence-electron chi connectivity index (χ2n) is 6.08. The molecule has 2 unspecified atom stereocenters. The molecule has 0 amide bonds. The Morgan fingerprint density at radius 2 is 1.69 bits per heavy atom. The number of hydrogen-bond donors (Lipinski definition) is 0. The predicted octanol–water partition coefficient (Wildman–Crippen LogP) is 4.60. The largest absolute Gasteiger partial charge is 0.484 e. The van der Waals surface area contributed by atoms with Gasteiger partial charge in [0.2, 0.25) is 0 Å². The van der Waals surface area contributed by atoms with Crippen LogP contribution in [-0.2, 0) is 9.53 Å². The molecule has 0 aromatic heterocycles. The van der Waals surface area contributed by atoms with Crippen LogP contribution in [0.5, 0.6) is 5.75 Å². The molecule has 2 atom stereocenters. The summed E-state index contributed by atoms with van der Waals surface area (Å²) >= 11 is 6.30. The summed E-state index contributed by atoms with van der Waals surface area (Å²) in [5.74, 6) is -1.53. The lowest BCUT2D eigenvalue weighted by atomic mass is 9.84. The average molecular weight is 367 g/mol. The second-order valence-corrected chi connectivity index (χ2v) is 6.49. The number of rotatable bonds is 2. The van der Waals surface area contributed by atoms with E-state index in [9.17, 15) is 9.59 Å². The molecule has 1 heterocycles. The van der Waals surface area contributed by atoms with E-state index in [4.69, 9.17) is 21.1 Å². The molecule has 4 nitrogen and oxygen atoms in total. The van der Waals surface area contributed by atoms with E-state index in [2.05, 4.69) is 0 Å². The summed E-state index contributed by atoms with van der Waals surface area (Å²) in [4.78, 5) is 25.4. The summed E-state index contributed by atoms with van der Waals surface area (Å²) in [6.07, 6.45) is -0.785. The summed E-state index contributed by atoms with van der Waals surface area (Å²) in [5.41, 5.74) is 1.11. The van der Waals surface area contributed by atoms with Gasteiger partial charge < -0.3 is 9.47 Å². The first-order chi connectivity index (χ1) is 12.6. The summed E-state index contributed by atoms with van der Waals surface area (Å²) in [6, 6.07) is 18.0. The summed E-state index contributed by atoms with van der Waals surface area (Å²) in [6.45, 7) is 0. The second kappa shape index (κ2) is 6.46. The number of methoxy groups -OCH3 is 1. The van der Waals surface area contributed by atoms with Gasteiger partial charge in [0, 0.05) is 16.0 Å². The summed E-state index contributed by atoms with van der Waals surface area (Å²) < 4.78 is 11.0. The molecule has 0 saturated heterocycles. The first-order valence-corrected chi connectivity index (χ1v) is 8.54. The van der Waals surface area contributed by atoms with Gasteiger partial charge in [0.05, 0.1) is 12.7 Å². The van der Waals surface area contributed by atoms with E-state index in [0.717, 1.165) is 16.3 Å². The Morgan fingerprint density at radius 3 is 2.46 bits per heavy atom. The molecular formula is C21H15ClO4. The van der Waals surface area contributed by atoms with Gasteiger partial charge in [-0.25, -0.2) is 0 Å². The van der Waals surface area contributed by atoms with Crippen LogP contribution in [0.1, 0.15) is 22.0 Å². The van der Waals surface area contributed by atoms with Crippen molar-refractivity contribution in [2.24, 2.45) is 5.92 Å². The zero-order valence-electron chi connectivity index (χ0n) is 13.9. The van der Waals surface area contributed by atoms with Crippen LogP contribution >= 0.6 is 11.6 Å². The van der Waals surface area contributed by atoms with Crippen LogP contribution in [-0.4, -0.2) is 18.9 Å². The highest BCUT2D eigenvalue weighted by atomic mass is 35.5. The topological polar surface area (TPSA) is 52.6 Å². The summed E-state index contributed by atoms with van der Waals surface area (Å²) in [7, 11) is 1.27. The smallest absolute Gasteiger partial charge is 0.320 e. The maximum atomic E-state index is 13.0. The fraction of sp³-hybridized carbons (Fsp3) is 0.143. The van der Waals surface area contributed by atoms with Crippen LogP contribution in [0.4, 0.5) is 0 Å². The van der Waals surface area contributed by atoms with Crippen molar-refractivity contribution in [3.05, 3.63) is 76.8 Å². The molecule has 3 aromatic carbocycles. The van der Waals surface area contributed by atoms with E-state index in [-0.39, 0.29) is 5.78 Å². The van der Waals surface area contributed by atoms with E-state index >= 15 is 0 Å². The van der Waals surface area contributed by atoms with E-state index in [1.807, 2.05) is 24.3 Å². The van der Waals surface area contributed by atoms with Crippen LogP contribution in [0.2, 0.25) is 5.02 Å². The van der Waals surface area contributed by atoms with Gasteiger partial charge in [0.1, 0.15) is 11.9 Å². The Morgan fingerprint density at radius 1 is 1.00 bits per heavy atom. The van der Waals surface area contributed by atoms with Gasteiger partial charge in [0.15, 0.2) is 11.7 Å². The molecule has 0 spiro atoms. The maximum Gasteiger partial charge on any atom is 0.320 e. The number of esters is 1. The van der Waals surface area contributed by atoms with Gasteiger partial charge in [0.25, 0.3) is 0 Å². The standard InChI is InChI=1S/C21H15ClO4/c1-25-21(24)18-19(23)15-8-4-5-9-17(15)26-20(18)14-10-11-16(22)13-7-3-2-6-12(13)14/h2-11,18,20H,1H3. The Balaban J connectivity index is 1.93. The molecule has 0 N–H and O–H groups in total. The lowest BCUT2D eigenvalue weighted by Gasteiger charge is -2.32. The number of benzene rings is 3. The maximum absolute atomic E-state index is 13.0. The van der Waals surface area contributed by atoms with E-state index in [0.29, 0.717) is 16.3 Å². The number of para-hydroxylation sites is 1. The minimum atomic E-state index is -1.07. The van der Waals surface area contributed by atoms with Crippen molar-refractivity contribution >= 4 is 34.1 Å². The summed E-state index contributed by atoms with van der Waals surface area (Å²) in [5, 5.41) is 2.28. The Bertz CT molecular complexity index is 1030. The molecule has 5 heteroatoms. The van der Waals surface area contributed by atoms with Crippen LogP contribution in [0.15, 0.2) is 60.7 Å². The highest BCUT2D eigenvalue weighted by Crippen LogP contribution is 2.42. The van der Waals surface area contributed by atoms with Gasteiger partial charge in [-0.1, -0.05) is 54.1 Å². The number of ketones is 1. The minimum absolute atomic E-state index is 0.303. The third-order valence-corrected chi connectivity index (χ3v) is 4.99. The number of fused-ring (bicyclic) bond motifs is 2. The van der Waals surface area contributed by atoms with Crippen molar-refractivity contribution in [1.29, 1.82) is 0 Å². The van der Waals surface area contributed by atoms with Crippen LogP contribution in [0.25, 0.3) is 10.8 Å². The molecule has 0 fully saturated rings. The third kappa shape index (κ3) is 2.54. The van der Waals surface area contributed by atoms with Crippen LogP contribution < -0.4 is 4.74 Å². The fourth-order valence-electron chi connectivity index (χ4n) is 3.42. The Labute approximate surface area is 155 Å². The number of halogens is 1. The molecule has 3 aromatic rings. The van der Waals surface area contributed by atoms with E-state index in [1.54, 1.807) is 36.4 Å². The monoisotopic (exact) mass is 366 g/mol. The molecule has 0 radical (unpaired) electrons. The highest BCUT2D eigenvalue weighted by Gasteiger charge is 2.44. The van der Waals surface area contributed by atoms with E-state index < -0.39 is 18.0 Å². The Hall–Kier alpha value is -2.85. The quantitative estimate of drug-likeness (QED) is 0.491. The predicted molar refractivity (Wildman–Crippen MR) is 98.6 cm³/mol. The third-order valence-electron chi connectivity index (χ3n) is 4.66. The molecule has 0 bridgehead atoms. The highest BCUT2D eigenvalue weighted by molar-refractivity contribution is 6.35. The van der Waals surface area contributed by atoms with Gasteiger partial charge in [-0.2, -0.15) is 0 Å². The molecular weight excluding hydrogens is 352 g/mol. The van der Waals surface area contributed by atoms with Crippen molar-refractivity contribution in [3.63, 3.8) is 0 Å².